The number of aliphatic hydroxyl groups is 1. The highest BCUT2D eigenvalue weighted by atomic mass is 127. The summed E-state index contributed by atoms with van der Waals surface area (Å²) in [6.45, 7) is 8.42. The minimum Gasteiger partial charge on any atom is -0.466 e. The summed E-state index contributed by atoms with van der Waals surface area (Å²) in [5, 5.41) is 16.7. The number of halogens is 1. The maximum atomic E-state index is 10.3. The van der Waals surface area contributed by atoms with Crippen LogP contribution < -0.4 is 10.6 Å². The Balaban J connectivity index is 0.00000361. The molecule has 2 atom stereocenters. The topological polar surface area (TPSA) is 69.8 Å². The molecule has 0 fully saturated rings. The summed E-state index contributed by atoms with van der Waals surface area (Å²) in [6, 6.07) is 3.83. The predicted octanol–water partition coefficient (Wildman–Crippen LogP) is 2.31. The van der Waals surface area contributed by atoms with Crippen molar-refractivity contribution in [3.05, 3.63) is 24.2 Å². The highest BCUT2D eigenvalue weighted by molar-refractivity contribution is 14.0. The number of nitrogens with one attached hydrogen (secondary N) is 2. The second-order valence-corrected chi connectivity index (χ2v) is 5.35. The van der Waals surface area contributed by atoms with Gasteiger partial charge in [-0.3, -0.25) is 4.99 Å². The first-order valence-corrected chi connectivity index (χ1v) is 6.60. The number of hydrogen-bond donors (Lipinski definition) is 3. The number of guanidine groups is 1. The van der Waals surface area contributed by atoms with Crippen LogP contribution in [0.25, 0.3) is 0 Å². The molecule has 6 heteroatoms. The van der Waals surface area contributed by atoms with E-state index in [4.69, 9.17) is 4.42 Å². The molecule has 2 unspecified atom stereocenters. The third kappa shape index (κ3) is 5.70. The third-order valence-corrected chi connectivity index (χ3v) is 3.24. The fourth-order valence-corrected chi connectivity index (χ4v) is 1.50. The second-order valence-electron chi connectivity index (χ2n) is 5.35. The van der Waals surface area contributed by atoms with Crippen LogP contribution in [0.5, 0.6) is 0 Å². The number of hydrogen-bond acceptors (Lipinski definition) is 3. The van der Waals surface area contributed by atoms with Crippen LogP contribution in [-0.2, 0) is 5.60 Å². The SMILES string of the molecule is CN=C(NCC(C)(O)c1ccco1)NC(C)C(C)C.I. The third-order valence-electron chi connectivity index (χ3n) is 3.24. The number of aliphatic imine (C=N–C) groups is 1. The van der Waals surface area contributed by atoms with Gasteiger partial charge in [-0.2, -0.15) is 0 Å². The molecule has 0 radical (unpaired) electrons. The lowest BCUT2D eigenvalue weighted by Gasteiger charge is -2.25. The Hall–Kier alpha value is -0.760. The normalized spacial score (nSPS) is 16.2. The molecule has 1 aromatic heterocycles. The van der Waals surface area contributed by atoms with Gasteiger partial charge in [-0.25, -0.2) is 0 Å². The van der Waals surface area contributed by atoms with E-state index in [1.54, 1.807) is 32.4 Å². The van der Waals surface area contributed by atoms with E-state index < -0.39 is 5.60 Å². The summed E-state index contributed by atoms with van der Waals surface area (Å²) in [6.07, 6.45) is 1.55. The van der Waals surface area contributed by atoms with Crippen LogP contribution in [0, 0.1) is 5.92 Å². The molecule has 0 spiro atoms. The summed E-state index contributed by atoms with van der Waals surface area (Å²) in [4.78, 5) is 4.15. The van der Waals surface area contributed by atoms with E-state index in [1.165, 1.54) is 0 Å². The maximum absolute atomic E-state index is 10.3. The van der Waals surface area contributed by atoms with Crippen LogP contribution >= 0.6 is 24.0 Å². The van der Waals surface area contributed by atoms with Crippen molar-refractivity contribution < 1.29 is 9.52 Å². The van der Waals surface area contributed by atoms with Crippen LogP contribution in [0.2, 0.25) is 0 Å². The molecule has 0 aliphatic heterocycles. The molecule has 0 aliphatic rings. The summed E-state index contributed by atoms with van der Waals surface area (Å²) in [5.74, 6) is 1.71. The minimum absolute atomic E-state index is 0. The van der Waals surface area contributed by atoms with Crippen LogP contribution in [0.4, 0.5) is 0 Å². The standard InChI is InChI=1S/C14H25N3O2.HI/c1-10(2)11(3)17-13(15-5)16-9-14(4,18)12-7-6-8-19-12;/h6-8,10-11,18H,9H2,1-5H3,(H2,15,16,17);1H. The predicted molar refractivity (Wildman–Crippen MR) is 92.5 cm³/mol. The van der Waals surface area contributed by atoms with Crippen molar-refractivity contribution in [1.29, 1.82) is 0 Å². The van der Waals surface area contributed by atoms with Gasteiger partial charge in [0.25, 0.3) is 0 Å². The molecule has 0 bridgehead atoms. The van der Waals surface area contributed by atoms with Crippen molar-refractivity contribution in [2.75, 3.05) is 13.6 Å². The summed E-state index contributed by atoms with van der Waals surface area (Å²) >= 11 is 0. The molecule has 0 aromatic carbocycles. The molecule has 116 valence electrons. The van der Waals surface area contributed by atoms with Crippen molar-refractivity contribution in [3.8, 4) is 0 Å². The van der Waals surface area contributed by atoms with Crippen LogP contribution in [0.15, 0.2) is 27.8 Å². The van der Waals surface area contributed by atoms with Gasteiger partial charge in [-0.05, 0) is 31.9 Å². The molecule has 5 nitrogen and oxygen atoms in total. The molecule has 0 amide bonds. The zero-order chi connectivity index (χ0) is 14.5. The first-order valence-electron chi connectivity index (χ1n) is 6.60. The van der Waals surface area contributed by atoms with Crippen molar-refractivity contribution in [1.82, 2.24) is 10.6 Å². The molecule has 1 rings (SSSR count). The Morgan fingerprint density at radius 2 is 2.10 bits per heavy atom. The maximum Gasteiger partial charge on any atom is 0.191 e. The molecule has 0 saturated heterocycles. The van der Waals surface area contributed by atoms with Gasteiger partial charge in [0, 0.05) is 13.1 Å². The van der Waals surface area contributed by atoms with Gasteiger partial charge >= 0.3 is 0 Å². The largest absolute Gasteiger partial charge is 0.466 e. The van der Waals surface area contributed by atoms with E-state index in [-0.39, 0.29) is 24.0 Å². The zero-order valence-corrected chi connectivity index (χ0v) is 15.1. The van der Waals surface area contributed by atoms with Gasteiger partial charge in [0.15, 0.2) is 5.96 Å². The van der Waals surface area contributed by atoms with Crippen molar-refractivity contribution in [2.24, 2.45) is 10.9 Å². The lowest BCUT2D eigenvalue weighted by molar-refractivity contribution is 0.0385. The molecular formula is C14H26IN3O2. The average Bonchev–Trinajstić information content (AvgIpc) is 2.88. The quantitative estimate of drug-likeness (QED) is 0.407. The van der Waals surface area contributed by atoms with Gasteiger partial charge in [0.2, 0.25) is 0 Å². The van der Waals surface area contributed by atoms with Crippen molar-refractivity contribution in [3.63, 3.8) is 0 Å². The van der Waals surface area contributed by atoms with Crippen LogP contribution in [-0.4, -0.2) is 30.7 Å². The Morgan fingerprint density at radius 1 is 1.45 bits per heavy atom. The number of nitrogens with zero attached hydrogens (tertiary/aromatic N) is 1. The highest BCUT2D eigenvalue weighted by Crippen LogP contribution is 2.19. The summed E-state index contributed by atoms with van der Waals surface area (Å²) in [5.41, 5.74) is -1.07. The lowest BCUT2D eigenvalue weighted by Crippen LogP contribution is -2.48. The fraction of sp³-hybridized carbons (Fsp3) is 0.643. The Labute approximate surface area is 138 Å². The molecule has 3 N–H and O–H groups in total. The van der Waals surface area contributed by atoms with Gasteiger partial charge < -0.3 is 20.2 Å². The molecule has 0 aliphatic carbocycles. The highest BCUT2D eigenvalue weighted by Gasteiger charge is 2.26. The monoisotopic (exact) mass is 395 g/mol. The molecule has 1 aromatic rings. The summed E-state index contributed by atoms with van der Waals surface area (Å²) < 4.78 is 5.23. The van der Waals surface area contributed by atoms with E-state index in [0.717, 1.165) is 0 Å². The van der Waals surface area contributed by atoms with Crippen LogP contribution in [0.3, 0.4) is 0 Å². The van der Waals surface area contributed by atoms with E-state index in [0.29, 0.717) is 30.2 Å². The zero-order valence-electron chi connectivity index (χ0n) is 12.8. The van der Waals surface area contributed by atoms with E-state index in [9.17, 15) is 5.11 Å². The first kappa shape index (κ1) is 19.2. The Kier molecular flexibility index (Phi) is 8.19. The lowest BCUT2D eigenvalue weighted by atomic mass is 10.0. The summed E-state index contributed by atoms with van der Waals surface area (Å²) in [7, 11) is 1.71. The van der Waals surface area contributed by atoms with E-state index in [2.05, 4.69) is 36.4 Å². The van der Waals surface area contributed by atoms with Gasteiger partial charge in [-0.15, -0.1) is 24.0 Å². The number of rotatable bonds is 5. The van der Waals surface area contributed by atoms with Gasteiger partial charge in [-0.1, -0.05) is 13.8 Å². The Bertz CT molecular complexity index is 403. The molecule has 20 heavy (non-hydrogen) atoms. The van der Waals surface area contributed by atoms with E-state index in [1.807, 2.05) is 0 Å². The molecular weight excluding hydrogens is 369 g/mol. The smallest absolute Gasteiger partial charge is 0.191 e. The van der Waals surface area contributed by atoms with Gasteiger partial charge in [0.1, 0.15) is 11.4 Å². The second kappa shape index (κ2) is 8.51. The average molecular weight is 395 g/mol. The molecule has 1 heterocycles. The van der Waals surface area contributed by atoms with Gasteiger partial charge in [0.05, 0.1) is 12.8 Å². The molecule has 0 saturated carbocycles. The minimum atomic E-state index is -1.07. The van der Waals surface area contributed by atoms with Crippen LogP contribution in [0.1, 0.15) is 33.5 Å². The Morgan fingerprint density at radius 3 is 2.55 bits per heavy atom. The number of furan rings is 1. The van der Waals surface area contributed by atoms with E-state index >= 15 is 0 Å². The van der Waals surface area contributed by atoms with Crippen molar-refractivity contribution in [2.45, 2.75) is 39.3 Å². The fourth-order valence-electron chi connectivity index (χ4n) is 1.50. The first-order chi connectivity index (χ1) is 8.86. The van der Waals surface area contributed by atoms with Crippen molar-refractivity contribution >= 4 is 29.9 Å².